The second-order valence-corrected chi connectivity index (χ2v) is 8.08. The molecule has 2 aromatic rings. The van der Waals surface area contributed by atoms with Crippen molar-refractivity contribution in [1.29, 1.82) is 0 Å². The van der Waals surface area contributed by atoms with E-state index in [1.54, 1.807) is 11.8 Å². The molecule has 1 saturated heterocycles. The average molecular weight is 350 g/mol. The maximum Gasteiger partial charge on any atom is 0.270 e. The lowest BCUT2D eigenvalue weighted by molar-refractivity contribution is -0.385. The number of thioether (sulfide) groups is 1. The van der Waals surface area contributed by atoms with E-state index in [0.29, 0.717) is 12.3 Å². The van der Waals surface area contributed by atoms with Crippen LogP contribution in [0.3, 0.4) is 0 Å². The number of hydrogen-bond acceptors (Lipinski definition) is 5. The molecule has 0 saturated carbocycles. The van der Waals surface area contributed by atoms with Crippen molar-refractivity contribution in [2.75, 3.05) is 12.3 Å². The van der Waals surface area contributed by atoms with E-state index < -0.39 is 14.9 Å². The fourth-order valence-electron chi connectivity index (χ4n) is 2.47. The molecule has 1 aliphatic rings. The van der Waals surface area contributed by atoms with Gasteiger partial charge in [-0.15, -0.1) is 11.8 Å². The second-order valence-electron chi connectivity index (χ2n) is 5.00. The van der Waals surface area contributed by atoms with Crippen LogP contribution < -0.4 is 0 Å². The van der Waals surface area contributed by atoms with Gasteiger partial charge < -0.3 is 0 Å². The van der Waals surface area contributed by atoms with E-state index in [9.17, 15) is 18.5 Å². The second kappa shape index (κ2) is 6.31. The quantitative estimate of drug-likeness (QED) is 0.625. The number of sulfonamides is 1. The molecule has 0 radical (unpaired) electrons. The predicted molar refractivity (Wildman–Crippen MR) is 88.6 cm³/mol. The molecule has 0 unspecified atom stereocenters. The van der Waals surface area contributed by atoms with Gasteiger partial charge in [0.1, 0.15) is 0 Å². The zero-order chi connectivity index (χ0) is 16.4. The molecule has 23 heavy (non-hydrogen) atoms. The summed E-state index contributed by atoms with van der Waals surface area (Å²) in [6, 6.07) is 14.6. The lowest BCUT2D eigenvalue weighted by atomic mass is 10.2. The van der Waals surface area contributed by atoms with Crippen molar-refractivity contribution in [3.05, 3.63) is 70.3 Å². The first-order valence-corrected chi connectivity index (χ1v) is 9.42. The molecule has 1 fully saturated rings. The van der Waals surface area contributed by atoms with Crippen molar-refractivity contribution < 1.29 is 13.3 Å². The Hall–Kier alpha value is -1.90. The Balaban J connectivity index is 1.99. The molecule has 0 N–H and O–H groups in total. The monoisotopic (exact) mass is 350 g/mol. The fraction of sp³-hybridized carbons (Fsp3) is 0.200. The highest BCUT2D eigenvalue weighted by Crippen LogP contribution is 2.41. The third kappa shape index (κ3) is 3.10. The van der Waals surface area contributed by atoms with E-state index in [1.807, 2.05) is 30.3 Å². The summed E-state index contributed by atoms with van der Waals surface area (Å²) < 4.78 is 27.2. The number of benzene rings is 2. The summed E-state index contributed by atoms with van der Waals surface area (Å²) in [7, 11) is -3.78. The molecular formula is C15H14N2O4S2. The van der Waals surface area contributed by atoms with Crippen LogP contribution in [0.2, 0.25) is 0 Å². The van der Waals surface area contributed by atoms with Gasteiger partial charge in [0.2, 0.25) is 10.0 Å². The van der Waals surface area contributed by atoms with Gasteiger partial charge in [-0.1, -0.05) is 36.4 Å². The standard InChI is InChI=1S/C15H14N2O4S2/c18-17(19)13-7-4-8-14(11-13)23(20,21)16-9-10-22-15(16)12-5-2-1-3-6-12/h1-8,11,15H,9-10H2/t15-/m0/s1. The number of nitro groups is 1. The first-order valence-electron chi connectivity index (χ1n) is 6.93. The lowest BCUT2D eigenvalue weighted by Crippen LogP contribution is -2.30. The summed E-state index contributed by atoms with van der Waals surface area (Å²) in [5.41, 5.74) is 0.679. The highest BCUT2D eigenvalue weighted by atomic mass is 32.2. The number of nitrogens with zero attached hydrogens (tertiary/aromatic N) is 2. The molecule has 1 aliphatic heterocycles. The highest BCUT2D eigenvalue weighted by molar-refractivity contribution is 8.01. The predicted octanol–water partition coefficient (Wildman–Crippen LogP) is 3.03. The van der Waals surface area contributed by atoms with E-state index in [0.717, 1.165) is 11.6 Å². The summed E-state index contributed by atoms with van der Waals surface area (Å²) in [4.78, 5) is 10.2. The topological polar surface area (TPSA) is 80.5 Å². The summed E-state index contributed by atoms with van der Waals surface area (Å²) >= 11 is 1.55. The van der Waals surface area contributed by atoms with Crippen molar-refractivity contribution in [1.82, 2.24) is 4.31 Å². The van der Waals surface area contributed by atoms with Crippen LogP contribution >= 0.6 is 11.8 Å². The number of non-ortho nitro benzene ring substituents is 1. The molecular weight excluding hydrogens is 336 g/mol. The van der Waals surface area contributed by atoms with Gasteiger partial charge in [-0.2, -0.15) is 4.31 Å². The van der Waals surface area contributed by atoms with Crippen molar-refractivity contribution >= 4 is 27.5 Å². The number of nitro benzene ring substituents is 1. The van der Waals surface area contributed by atoms with Gasteiger partial charge in [0.05, 0.1) is 15.2 Å². The first-order chi connectivity index (χ1) is 11.0. The molecule has 2 aromatic carbocycles. The minimum Gasteiger partial charge on any atom is -0.258 e. The van der Waals surface area contributed by atoms with E-state index in [-0.39, 0.29) is 16.0 Å². The minimum atomic E-state index is -3.78. The lowest BCUT2D eigenvalue weighted by Gasteiger charge is -2.23. The Labute approximate surface area is 138 Å². The van der Waals surface area contributed by atoms with Crippen LogP contribution in [0.15, 0.2) is 59.5 Å². The van der Waals surface area contributed by atoms with Gasteiger partial charge in [0.15, 0.2) is 0 Å². The van der Waals surface area contributed by atoms with Crippen LogP contribution in [-0.2, 0) is 10.0 Å². The molecule has 0 spiro atoms. The smallest absolute Gasteiger partial charge is 0.258 e. The van der Waals surface area contributed by atoms with Crippen LogP contribution in [0.4, 0.5) is 5.69 Å². The molecule has 0 aromatic heterocycles. The van der Waals surface area contributed by atoms with E-state index in [2.05, 4.69) is 0 Å². The normalized spacial score (nSPS) is 18.9. The Kier molecular flexibility index (Phi) is 4.38. The molecule has 3 rings (SSSR count). The number of rotatable bonds is 4. The molecule has 8 heteroatoms. The van der Waals surface area contributed by atoms with Gasteiger partial charge in [-0.05, 0) is 11.6 Å². The highest BCUT2D eigenvalue weighted by Gasteiger charge is 2.37. The Morgan fingerprint density at radius 1 is 1.13 bits per heavy atom. The Morgan fingerprint density at radius 2 is 1.87 bits per heavy atom. The van der Waals surface area contributed by atoms with Gasteiger partial charge >= 0.3 is 0 Å². The molecule has 120 valence electrons. The molecule has 0 bridgehead atoms. The van der Waals surface area contributed by atoms with E-state index >= 15 is 0 Å². The zero-order valence-corrected chi connectivity index (χ0v) is 13.7. The third-order valence-corrected chi connectivity index (χ3v) is 6.82. The van der Waals surface area contributed by atoms with Crippen LogP contribution in [0.5, 0.6) is 0 Å². The summed E-state index contributed by atoms with van der Waals surface area (Å²) in [6.07, 6.45) is 0. The van der Waals surface area contributed by atoms with Crippen LogP contribution in [0, 0.1) is 10.1 Å². The van der Waals surface area contributed by atoms with E-state index in [1.165, 1.54) is 22.5 Å². The maximum absolute atomic E-state index is 12.9. The van der Waals surface area contributed by atoms with E-state index in [4.69, 9.17) is 0 Å². The summed E-state index contributed by atoms with van der Waals surface area (Å²) in [6.45, 7) is 0.384. The average Bonchev–Trinajstić information content (AvgIpc) is 3.06. The Morgan fingerprint density at radius 3 is 2.57 bits per heavy atom. The largest absolute Gasteiger partial charge is 0.270 e. The molecule has 0 aliphatic carbocycles. The first kappa shape index (κ1) is 16.0. The van der Waals surface area contributed by atoms with Gasteiger partial charge in [-0.3, -0.25) is 10.1 Å². The van der Waals surface area contributed by atoms with Gasteiger partial charge in [-0.25, -0.2) is 8.42 Å². The van der Waals surface area contributed by atoms with Gasteiger partial charge in [0.25, 0.3) is 5.69 Å². The van der Waals surface area contributed by atoms with Crippen molar-refractivity contribution in [2.45, 2.75) is 10.3 Å². The fourth-order valence-corrected chi connectivity index (χ4v) is 5.76. The molecule has 0 amide bonds. The Bertz CT molecular complexity index is 824. The van der Waals surface area contributed by atoms with Crippen molar-refractivity contribution in [2.24, 2.45) is 0 Å². The summed E-state index contributed by atoms with van der Waals surface area (Å²) in [5, 5.41) is 10.6. The van der Waals surface area contributed by atoms with Crippen LogP contribution in [0.1, 0.15) is 10.9 Å². The number of hydrogen-bond donors (Lipinski definition) is 0. The van der Waals surface area contributed by atoms with Crippen LogP contribution in [0.25, 0.3) is 0 Å². The van der Waals surface area contributed by atoms with Crippen molar-refractivity contribution in [3.8, 4) is 0 Å². The van der Waals surface area contributed by atoms with Crippen LogP contribution in [-0.4, -0.2) is 29.9 Å². The minimum absolute atomic E-state index is 0.0462. The van der Waals surface area contributed by atoms with Gasteiger partial charge in [0, 0.05) is 24.4 Å². The molecule has 1 heterocycles. The third-order valence-electron chi connectivity index (χ3n) is 3.57. The molecule has 6 nitrogen and oxygen atoms in total. The molecule has 1 atom stereocenters. The zero-order valence-electron chi connectivity index (χ0n) is 12.0. The van der Waals surface area contributed by atoms with Crippen molar-refractivity contribution in [3.63, 3.8) is 0 Å². The summed E-state index contributed by atoms with van der Waals surface area (Å²) in [5.74, 6) is 0.688. The SMILES string of the molecule is O=[N+]([O-])c1cccc(S(=O)(=O)N2CCS[C@H]2c2ccccc2)c1. The maximum atomic E-state index is 12.9.